The van der Waals surface area contributed by atoms with Gasteiger partial charge in [-0.05, 0) is 25.2 Å². The minimum atomic E-state index is 0.558. The first kappa shape index (κ1) is 11.0. The van der Waals surface area contributed by atoms with Crippen LogP contribution in [0.25, 0.3) is 0 Å². The molecule has 1 rings (SSSR count). The highest BCUT2D eigenvalue weighted by atomic mass is 35.5. The standard InChI is InChI=1S/C10H16ClNS/c1-7(2)9(5-11)4-10-6-13-8(3)12-10/h6-7,9H,4-5H2,1-3H3. The first-order valence-corrected chi connectivity index (χ1v) is 6.02. The Balaban J connectivity index is 2.56. The average Bonchev–Trinajstić information content (AvgIpc) is 2.46. The number of hydrogen-bond donors (Lipinski definition) is 0. The molecule has 0 spiro atoms. The third kappa shape index (κ3) is 3.28. The van der Waals surface area contributed by atoms with E-state index < -0.39 is 0 Å². The lowest BCUT2D eigenvalue weighted by Crippen LogP contribution is -2.13. The van der Waals surface area contributed by atoms with Crippen molar-refractivity contribution in [2.45, 2.75) is 27.2 Å². The lowest BCUT2D eigenvalue weighted by molar-refractivity contribution is 0.419. The van der Waals surface area contributed by atoms with Crippen LogP contribution in [0, 0.1) is 18.8 Å². The van der Waals surface area contributed by atoms with E-state index in [1.165, 1.54) is 5.69 Å². The molecule has 0 aromatic carbocycles. The van der Waals surface area contributed by atoms with Crippen LogP contribution in [0.1, 0.15) is 24.5 Å². The first-order chi connectivity index (χ1) is 6.13. The van der Waals surface area contributed by atoms with Crippen molar-refractivity contribution in [3.63, 3.8) is 0 Å². The molecular weight excluding hydrogens is 202 g/mol. The number of nitrogens with zero attached hydrogens (tertiary/aromatic N) is 1. The second-order valence-corrected chi connectivity index (χ2v) is 5.09. The van der Waals surface area contributed by atoms with Gasteiger partial charge in [-0.1, -0.05) is 13.8 Å². The van der Waals surface area contributed by atoms with E-state index >= 15 is 0 Å². The van der Waals surface area contributed by atoms with Gasteiger partial charge in [0, 0.05) is 11.3 Å². The molecule has 1 nitrogen and oxygen atoms in total. The van der Waals surface area contributed by atoms with Crippen LogP contribution in [0.4, 0.5) is 0 Å². The molecule has 0 aliphatic carbocycles. The highest BCUT2D eigenvalue weighted by molar-refractivity contribution is 7.09. The molecule has 0 saturated carbocycles. The van der Waals surface area contributed by atoms with E-state index in [0.29, 0.717) is 11.8 Å². The predicted molar refractivity (Wildman–Crippen MR) is 59.6 cm³/mol. The molecule has 0 amide bonds. The van der Waals surface area contributed by atoms with Gasteiger partial charge in [0.15, 0.2) is 0 Å². The molecule has 0 N–H and O–H groups in total. The summed E-state index contributed by atoms with van der Waals surface area (Å²) in [5, 5.41) is 3.28. The smallest absolute Gasteiger partial charge is 0.0897 e. The van der Waals surface area contributed by atoms with Crippen LogP contribution in [0.5, 0.6) is 0 Å². The number of aryl methyl sites for hydroxylation is 1. The molecule has 1 heterocycles. The molecule has 0 radical (unpaired) electrons. The topological polar surface area (TPSA) is 12.9 Å². The van der Waals surface area contributed by atoms with Crippen molar-refractivity contribution in [2.24, 2.45) is 11.8 Å². The third-order valence-corrected chi connectivity index (χ3v) is 3.50. The molecule has 0 saturated heterocycles. The number of aromatic nitrogens is 1. The first-order valence-electron chi connectivity index (χ1n) is 4.60. The van der Waals surface area contributed by atoms with Gasteiger partial charge in [0.05, 0.1) is 10.7 Å². The van der Waals surface area contributed by atoms with E-state index in [9.17, 15) is 0 Å². The van der Waals surface area contributed by atoms with Gasteiger partial charge in [0.2, 0.25) is 0 Å². The molecule has 0 fully saturated rings. The molecule has 74 valence electrons. The molecular formula is C10H16ClNS. The van der Waals surface area contributed by atoms with Crippen LogP contribution in [0.15, 0.2) is 5.38 Å². The Morgan fingerprint density at radius 2 is 2.23 bits per heavy atom. The molecule has 3 heteroatoms. The summed E-state index contributed by atoms with van der Waals surface area (Å²) in [5.41, 5.74) is 1.20. The minimum Gasteiger partial charge on any atom is -0.247 e. The van der Waals surface area contributed by atoms with Crippen LogP contribution >= 0.6 is 22.9 Å². The van der Waals surface area contributed by atoms with E-state index in [4.69, 9.17) is 11.6 Å². The van der Waals surface area contributed by atoms with Gasteiger partial charge in [0.25, 0.3) is 0 Å². The van der Waals surface area contributed by atoms with Crippen LogP contribution in [0.3, 0.4) is 0 Å². The maximum Gasteiger partial charge on any atom is 0.0897 e. The summed E-state index contributed by atoms with van der Waals surface area (Å²) in [7, 11) is 0. The maximum absolute atomic E-state index is 5.89. The summed E-state index contributed by atoms with van der Waals surface area (Å²) in [6.45, 7) is 6.47. The zero-order valence-electron chi connectivity index (χ0n) is 8.38. The van der Waals surface area contributed by atoms with E-state index in [1.54, 1.807) is 11.3 Å². The van der Waals surface area contributed by atoms with Gasteiger partial charge in [-0.15, -0.1) is 22.9 Å². The second kappa shape index (κ2) is 4.97. The SMILES string of the molecule is Cc1nc(CC(CCl)C(C)C)cs1. The van der Waals surface area contributed by atoms with Crippen LogP contribution in [-0.4, -0.2) is 10.9 Å². The summed E-state index contributed by atoms with van der Waals surface area (Å²) < 4.78 is 0. The van der Waals surface area contributed by atoms with E-state index in [0.717, 1.165) is 17.3 Å². The lowest BCUT2D eigenvalue weighted by Gasteiger charge is -2.16. The Labute approximate surface area is 89.1 Å². The van der Waals surface area contributed by atoms with Crippen LogP contribution in [-0.2, 0) is 6.42 Å². The Morgan fingerprint density at radius 1 is 1.54 bits per heavy atom. The van der Waals surface area contributed by atoms with Gasteiger partial charge in [-0.3, -0.25) is 0 Å². The Morgan fingerprint density at radius 3 is 2.62 bits per heavy atom. The highest BCUT2D eigenvalue weighted by Gasteiger charge is 2.13. The van der Waals surface area contributed by atoms with Gasteiger partial charge < -0.3 is 0 Å². The van der Waals surface area contributed by atoms with Crippen molar-refractivity contribution >= 4 is 22.9 Å². The fourth-order valence-electron chi connectivity index (χ4n) is 1.24. The minimum absolute atomic E-state index is 0.558. The van der Waals surface area contributed by atoms with Crippen LogP contribution < -0.4 is 0 Å². The van der Waals surface area contributed by atoms with Crippen LogP contribution in [0.2, 0.25) is 0 Å². The van der Waals surface area contributed by atoms with Crippen molar-refractivity contribution in [2.75, 3.05) is 5.88 Å². The van der Waals surface area contributed by atoms with E-state index in [2.05, 4.69) is 24.2 Å². The summed E-state index contributed by atoms with van der Waals surface area (Å²) in [6.07, 6.45) is 1.02. The molecule has 1 unspecified atom stereocenters. The maximum atomic E-state index is 5.89. The number of hydrogen-bond acceptors (Lipinski definition) is 2. The van der Waals surface area contributed by atoms with Gasteiger partial charge in [-0.25, -0.2) is 4.98 Å². The van der Waals surface area contributed by atoms with Gasteiger partial charge in [-0.2, -0.15) is 0 Å². The number of thiazole rings is 1. The van der Waals surface area contributed by atoms with Crippen molar-refractivity contribution in [1.82, 2.24) is 4.98 Å². The van der Waals surface area contributed by atoms with Crippen molar-refractivity contribution in [3.8, 4) is 0 Å². The number of halogens is 1. The third-order valence-electron chi connectivity index (χ3n) is 2.28. The largest absolute Gasteiger partial charge is 0.247 e. The summed E-state index contributed by atoms with van der Waals surface area (Å²) in [4.78, 5) is 4.44. The predicted octanol–water partition coefficient (Wildman–Crippen LogP) is 3.51. The van der Waals surface area contributed by atoms with Crippen molar-refractivity contribution in [3.05, 3.63) is 16.1 Å². The molecule has 1 aromatic rings. The van der Waals surface area contributed by atoms with Crippen molar-refractivity contribution < 1.29 is 0 Å². The Kier molecular flexibility index (Phi) is 4.20. The molecule has 1 atom stereocenters. The zero-order valence-corrected chi connectivity index (χ0v) is 9.95. The van der Waals surface area contributed by atoms with Gasteiger partial charge >= 0.3 is 0 Å². The lowest BCUT2D eigenvalue weighted by atomic mass is 9.93. The summed E-state index contributed by atoms with van der Waals surface area (Å²) in [5.74, 6) is 1.93. The quantitative estimate of drug-likeness (QED) is 0.704. The molecule has 0 aliphatic heterocycles. The number of rotatable bonds is 4. The van der Waals surface area contributed by atoms with Crippen molar-refractivity contribution in [1.29, 1.82) is 0 Å². The highest BCUT2D eigenvalue weighted by Crippen LogP contribution is 2.19. The van der Waals surface area contributed by atoms with E-state index in [-0.39, 0.29) is 0 Å². The Bertz CT molecular complexity index is 257. The normalized spacial score (nSPS) is 13.6. The monoisotopic (exact) mass is 217 g/mol. The summed E-state index contributed by atoms with van der Waals surface area (Å²) >= 11 is 7.61. The molecule has 1 aromatic heterocycles. The zero-order chi connectivity index (χ0) is 9.84. The van der Waals surface area contributed by atoms with Gasteiger partial charge in [0.1, 0.15) is 0 Å². The molecule has 0 bridgehead atoms. The average molecular weight is 218 g/mol. The summed E-state index contributed by atoms with van der Waals surface area (Å²) in [6, 6.07) is 0. The fourth-order valence-corrected chi connectivity index (χ4v) is 2.33. The fraction of sp³-hybridized carbons (Fsp3) is 0.700. The number of alkyl halides is 1. The van der Waals surface area contributed by atoms with E-state index in [1.807, 2.05) is 6.92 Å². The molecule has 13 heavy (non-hydrogen) atoms. The second-order valence-electron chi connectivity index (χ2n) is 3.72. The Hall–Kier alpha value is -0.0800. The molecule has 0 aliphatic rings.